The van der Waals surface area contributed by atoms with Crippen molar-refractivity contribution < 1.29 is 4.79 Å². The minimum absolute atomic E-state index is 0.150. The lowest BCUT2D eigenvalue weighted by molar-refractivity contribution is -0.126. The van der Waals surface area contributed by atoms with Gasteiger partial charge >= 0.3 is 0 Å². The van der Waals surface area contributed by atoms with Crippen molar-refractivity contribution in [1.29, 1.82) is 0 Å². The number of carbonyl (C=O) groups is 1. The molecule has 1 aromatic carbocycles. The molecule has 0 saturated carbocycles. The van der Waals surface area contributed by atoms with E-state index in [0.29, 0.717) is 12.6 Å². The van der Waals surface area contributed by atoms with Crippen LogP contribution in [0.1, 0.15) is 43.9 Å². The van der Waals surface area contributed by atoms with E-state index in [0.717, 1.165) is 25.8 Å². The first kappa shape index (κ1) is 18.0. The molecular weight excluding hydrogens is 286 g/mol. The topological polar surface area (TPSA) is 44.4 Å². The van der Waals surface area contributed by atoms with Crippen LogP contribution in [-0.2, 0) is 11.2 Å². The van der Waals surface area contributed by atoms with Crippen molar-refractivity contribution in [2.75, 3.05) is 27.2 Å². The number of benzene rings is 1. The molecule has 4 heteroatoms. The van der Waals surface area contributed by atoms with E-state index < -0.39 is 0 Å². The Morgan fingerprint density at radius 2 is 2.04 bits per heavy atom. The van der Waals surface area contributed by atoms with Gasteiger partial charge < -0.3 is 15.5 Å². The van der Waals surface area contributed by atoms with E-state index in [1.165, 1.54) is 11.1 Å². The summed E-state index contributed by atoms with van der Waals surface area (Å²) in [6.07, 6.45) is 2.93. The van der Waals surface area contributed by atoms with Crippen molar-refractivity contribution in [3.63, 3.8) is 0 Å². The molecule has 1 heterocycles. The number of rotatable bonds is 6. The summed E-state index contributed by atoms with van der Waals surface area (Å²) in [5.41, 5.74) is 2.60. The van der Waals surface area contributed by atoms with Crippen LogP contribution >= 0.6 is 0 Å². The minimum atomic E-state index is 0.150. The molecule has 1 amide bonds. The highest BCUT2D eigenvalue weighted by Gasteiger charge is 2.25. The normalized spacial score (nSPS) is 22.8. The fraction of sp³-hybridized carbons (Fsp3) is 0.632. The maximum atomic E-state index is 12.4. The Morgan fingerprint density at radius 1 is 1.35 bits per heavy atom. The standard InChI is InChI=1S/C19H31N3O/c1-5-15-6-8-16(9-7-15)18(22(3)4)13-21-19(23)17-10-11-20-14(2)12-17/h6-9,14,17-18,20H,5,10-13H2,1-4H3,(H,21,23)/t14-,17-,18?/m0/s1. The van der Waals surface area contributed by atoms with Crippen molar-refractivity contribution in [2.24, 2.45) is 5.92 Å². The molecule has 2 rings (SSSR count). The SMILES string of the molecule is CCc1ccc(C(CNC(=O)[C@H]2CCN[C@@H](C)C2)N(C)C)cc1. The fourth-order valence-corrected chi connectivity index (χ4v) is 3.29. The van der Waals surface area contributed by atoms with E-state index >= 15 is 0 Å². The van der Waals surface area contributed by atoms with E-state index in [4.69, 9.17) is 0 Å². The Bertz CT molecular complexity index is 498. The first-order chi connectivity index (χ1) is 11.0. The Kier molecular flexibility index (Phi) is 6.60. The molecule has 23 heavy (non-hydrogen) atoms. The fourth-order valence-electron chi connectivity index (χ4n) is 3.29. The van der Waals surface area contributed by atoms with Gasteiger partial charge in [-0.15, -0.1) is 0 Å². The van der Waals surface area contributed by atoms with E-state index in [2.05, 4.69) is 67.7 Å². The summed E-state index contributed by atoms with van der Waals surface area (Å²) in [5.74, 6) is 0.354. The second-order valence-corrected chi connectivity index (χ2v) is 6.90. The highest BCUT2D eigenvalue weighted by molar-refractivity contribution is 5.78. The molecular formula is C19H31N3O. The van der Waals surface area contributed by atoms with Crippen LogP contribution in [0.15, 0.2) is 24.3 Å². The van der Waals surface area contributed by atoms with Crippen molar-refractivity contribution in [3.05, 3.63) is 35.4 Å². The molecule has 0 spiro atoms. The molecule has 0 aromatic heterocycles. The Labute approximate surface area is 140 Å². The van der Waals surface area contributed by atoms with Crippen LogP contribution < -0.4 is 10.6 Å². The minimum Gasteiger partial charge on any atom is -0.354 e. The van der Waals surface area contributed by atoms with Crippen LogP contribution in [0.3, 0.4) is 0 Å². The number of aryl methyl sites for hydroxylation is 1. The van der Waals surface area contributed by atoms with Crippen LogP contribution in [0.25, 0.3) is 0 Å². The quantitative estimate of drug-likeness (QED) is 0.846. The van der Waals surface area contributed by atoms with Crippen molar-refractivity contribution in [1.82, 2.24) is 15.5 Å². The van der Waals surface area contributed by atoms with Crippen LogP contribution in [0, 0.1) is 5.92 Å². The van der Waals surface area contributed by atoms with Crippen LogP contribution in [0.4, 0.5) is 0 Å². The van der Waals surface area contributed by atoms with E-state index in [1.807, 2.05) is 0 Å². The maximum Gasteiger partial charge on any atom is 0.223 e. The lowest BCUT2D eigenvalue weighted by Gasteiger charge is -2.29. The van der Waals surface area contributed by atoms with Gasteiger partial charge in [-0.1, -0.05) is 31.2 Å². The van der Waals surface area contributed by atoms with Crippen molar-refractivity contribution >= 4 is 5.91 Å². The summed E-state index contributed by atoms with van der Waals surface area (Å²) >= 11 is 0. The van der Waals surface area contributed by atoms with Gasteiger partial charge in [-0.05, 0) is 58.0 Å². The molecule has 1 aliphatic rings. The van der Waals surface area contributed by atoms with E-state index in [-0.39, 0.29) is 17.9 Å². The van der Waals surface area contributed by atoms with Gasteiger partial charge in [0.15, 0.2) is 0 Å². The number of piperidine rings is 1. The summed E-state index contributed by atoms with van der Waals surface area (Å²) in [7, 11) is 4.13. The molecule has 0 aliphatic carbocycles. The first-order valence-electron chi connectivity index (χ1n) is 8.77. The summed E-state index contributed by atoms with van der Waals surface area (Å²) in [6, 6.07) is 9.38. The number of nitrogens with one attached hydrogen (secondary N) is 2. The molecule has 1 unspecified atom stereocenters. The van der Waals surface area contributed by atoms with Crippen LogP contribution in [-0.4, -0.2) is 44.0 Å². The first-order valence-corrected chi connectivity index (χ1v) is 8.77. The summed E-state index contributed by atoms with van der Waals surface area (Å²) in [4.78, 5) is 14.6. The Hall–Kier alpha value is -1.39. The van der Waals surface area contributed by atoms with E-state index in [1.54, 1.807) is 0 Å². The average molecular weight is 317 g/mol. The van der Waals surface area contributed by atoms with Gasteiger partial charge in [-0.25, -0.2) is 0 Å². The van der Waals surface area contributed by atoms with Gasteiger partial charge in [0, 0.05) is 18.5 Å². The monoisotopic (exact) mass is 317 g/mol. The third-order valence-corrected chi connectivity index (χ3v) is 4.86. The summed E-state index contributed by atoms with van der Waals surface area (Å²) in [6.45, 7) is 5.92. The number of likely N-dealkylation sites (N-methyl/N-ethyl adjacent to an activating group) is 1. The molecule has 128 valence electrons. The van der Waals surface area contributed by atoms with Gasteiger partial charge in [-0.3, -0.25) is 4.79 Å². The molecule has 3 atom stereocenters. The Morgan fingerprint density at radius 3 is 2.61 bits per heavy atom. The second-order valence-electron chi connectivity index (χ2n) is 6.90. The van der Waals surface area contributed by atoms with Gasteiger partial charge in [0.2, 0.25) is 5.91 Å². The zero-order chi connectivity index (χ0) is 16.8. The van der Waals surface area contributed by atoms with Gasteiger partial charge in [0.1, 0.15) is 0 Å². The molecule has 2 N–H and O–H groups in total. The predicted molar refractivity (Wildman–Crippen MR) is 95.4 cm³/mol. The molecule has 1 saturated heterocycles. The third-order valence-electron chi connectivity index (χ3n) is 4.86. The molecule has 0 bridgehead atoms. The number of carbonyl (C=O) groups excluding carboxylic acids is 1. The molecule has 1 fully saturated rings. The molecule has 0 radical (unpaired) electrons. The number of hydrogen-bond donors (Lipinski definition) is 2. The van der Waals surface area contributed by atoms with Crippen molar-refractivity contribution in [2.45, 2.75) is 45.2 Å². The van der Waals surface area contributed by atoms with Gasteiger partial charge in [0.25, 0.3) is 0 Å². The number of nitrogens with zero attached hydrogens (tertiary/aromatic N) is 1. The van der Waals surface area contributed by atoms with Crippen molar-refractivity contribution in [3.8, 4) is 0 Å². The predicted octanol–water partition coefficient (Wildman–Crippen LogP) is 2.36. The molecule has 1 aliphatic heterocycles. The average Bonchev–Trinajstić information content (AvgIpc) is 2.55. The zero-order valence-corrected chi connectivity index (χ0v) is 14.9. The third kappa shape index (κ3) is 5.05. The summed E-state index contributed by atoms with van der Waals surface area (Å²) in [5, 5.41) is 6.57. The highest BCUT2D eigenvalue weighted by atomic mass is 16.1. The summed E-state index contributed by atoms with van der Waals surface area (Å²) < 4.78 is 0. The Balaban J connectivity index is 1.95. The molecule has 1 aromatic rings. The largest absolute Gasteiger partial charge is 0.354 e. The smallest absolute Gasteiger partial charge is 0.223 e. The molecule has 4 nitrogen and oxygen atoms in total. The second kappa shape index (κ2) is 8.46. The number of hydrogen-bond acceptors (Lipinski definition) is 3. The highest BCUT2D eigenvalue weighted by Crippen LogP contribution is 2.20. The lowest BCUT2D eigenvalue weighted by atomic mass is 9.92. The van der Waals surface area contributed by atoms with Gasteiger partial charge in [0.05, 0.1) is 6.04 Å². The number of amides is 1. The van der Waals surface area contributed by atoms with Crippen LogP contribution in [0.5, 0.6) is 0 Å². The maximum absolute atomic E-state index is 12.4. The van der Waals surface area contributed by atoms with Crippen LogP contribution in [0.2, 0.25) is 0 Å². The zero-order valence-electron chi connectivity index (χ0n) is 14.9. The lowest BCUT2D eigenvalue weighted by Crippen LogP contribution is -2.44. The van der Waals surface area contributed by atoms with E-state index in [9.17, 15) is 4.79 Å². The van der Waals surface area contributed by atoms with Gasteiger partial charge in [-0.2, -0.15) is 0 Å².